The molecule has 3 nitrogen and oxygen atoms in total. The smallest absolute Gasteiger partial charge is 0.0552 e. The molecule has 2 atom stereocenters. The Hall–Kier alpha value is -0.930. The second kappa shape index (κ2) is 5.61. The minimum absolute atomic E-state index is 0.191. The molecule has 1 N–H and O–H groups in total. The molecule has 1 aromatic rings. The molecule has 1 aromatic heterocycles. The normalized spacial score (nSPS) is 23.6. The third-order valence-corrected chi connectivity index (χ3v) is 3.58. The van der Waals surface area contributed by atoms with Crippen LogP contribution in [0.3, 0.4) is 0 Å². The summed E-state index contributed by atoms with van der Waals surface area (Å²) in [6, 6.07) is 4.21. The van der Waals surface area contributed by atoms with Gasteiger partial charge in [0.05, 0.1) is 11.8 Å². The fourth-order valence-electron chi connectivity index (χ4n) is 2.45. The molecule has 1 saturated heterocycles. The SMILES string of the molecule is Cc1ccc(CN2CCC[C@H]([C@H](C)O)C2)nc1. The fraction of sp³-hybridized carbons (Fsp3) is 0.643. The van der Waals surface area contributed by atoms with Gasteiger partial charge in [0.2, 0.25) is 0 Å². The summed E-state index contributed by atoms with van der Waals surface area (Å²) >= 11 is 0. The van der Waals surface area contributed by atoms with Crippen LogP contribution < -0.4 is 0 Å². The zero-order valence-electron chi connectivity index (χ0n) is 10.8. The molecule has 0 spiro atoms. The average molecular weight is 234 g/mol. The maximum atomic E-state index is 9.66. The van der Waals surface area contributed by atoms with E-state index in [-0.39, 0.29) is 6.10 Å². The van der Waals surface area contributed by atoms with Gasteiger partial charge in [-0.25, -0.2) is 0 Å². The lowest BCUT2D eigenvalue weighted by Crippen LogP contribution is -2.39. The van der Waals surface area contributed by atoms with Crippen LogP contribution in [0.5, 0.6) is 0 Å². The fourth-order valence-corrected chi connectivity index (χ4v) is 2.45. The Bertz CT molecular complexity index is 348. The number of hydrogen-bond donors (Lipinski definition) is 1. The summed E-state index contributed by atoms with van der Waals surface area (Å²) in [5.74, 6) is 0.425. The zero-order valence-corrected chi connectivity index (χ0v) is 10.8. The zero-order chi connectivity index (χ0) is 12.3. The third-order valence-electron chi connectivity index (χ3n) is 3.58. The molecule has 0 aliphatic carbocycles. The number of aromatic nitrogens is 1. The van der Waals surface area contributed by atoms with Gasteiger partial charge in [0, 0.05) is 19.3 Å². The first-order valence-electron chi connectivity index (χ1n) is 6.47. The molecule has 0 unspecified atom stereocenters. The summed E-state index contributed by atoms with van der Waals surface area (Å²) < 4.78 is 0. The highest BCUT2D eigenvalue weighted by Crippen LogP contribution is 2.20. The van der Waals surface area contributed by atoms with Crippen molar-refractivity contribution in [2.75, 3.05) is 13.1 Å². The summed E-state index contributed by atoms with van der Waals surface area (Å²) in [5.41, 5.74) is 2.33. The lowest BCUT2D eigenvalue weighted by atomic mass is 9.93. The molecule has 0 amide bonds. The van der Waals surface area contributed by atoms with Crippen LogP contribution in [0.25, 0.3) is 0 Å². The van der Waals surface area contributed by atoms with Crippen molar-refractivity contribution < 1.29 is 5.11 Å². The standard InChI is InChI=1S/C14H22N2O/c1-11-5-6-14(15-8-11)10-16-7-3-4-13(9-16)12(2)17/h5-6,8,12-13,17H,3-4,7,9-10H2,1-2H3/t12-,13-/m0/s1. The molecule has 1 aliphatic heterocycles. The summed E-state index contributed by atoms with van der Waals surface area (Å²) in [7, 11) is 0. The number of likely N-dealkylation sites (tertiary alicyclic amines) is 1. The van der Waals surface area contributed by atoms with Gasteiger partial charge in [-0.1, -0.05) is 6.07 Å². The average Bonchev–Trinajstić information content (AvgIpc) is 2.32. The molecule has 0 aromatic carbocycles. The Kier molecular flexibility index (Phi) is 4.13. The number of aliphatic hydroxyl groups is 1. The van der Waals surface area contributed by atoms with E-state index >= 15 is 0 Å². The molecule has 3 heteroatoms. The van der Waals surface area contributed by atoms with Crippen molar-refractivity contribution in [2.24, 2.45) is 5.92 Å². The molecule has 1 aliphatic rings. The van der Waals surface area contributed by atoms with Crippen LogP contribution >= 0.6 is 0 Å². The Morgan fingerprint density at radius 2 is 2.35 bits per heavy atom. The monoisotopic (exact) mass is 234 g/mol. The molecule has 0 saturated carbocycles. The Balaban J connectivity index is 1.92. The molecular formula is C14H22N2O. The van der Waals surface area contributed by atoms with Gasteiger partial charge >= 0.3 is 0 Å². The van der Waals surface area contributed by atoms with Gasteiger partial charge in [0.1, 0.15) is 0 Å². The van der Waals surface area contributed by atoms with Crippen LogP contribution in [0.15, 0.2) is 18.3 Å². The van der Waals surface area contributed by atoms with Crippen molar-refractivity contribution in [2.45, 2.75) is 39.3 Å². The number of piperidine rings is 1. The molecule has 2 heterocycles. The second-order valence-electron chi connectivity index (χ2n) is 5.20. The van der Waals surface area contributed by atoms with Crippen LogP contribution in [-0.4, -0.2) is 34.2 Å². The number of rotatable bonds is 3. The first kappa shape index (κ1) is 12.5. The van der Waals surface area contributed by atoms with E-state index in [0.29, 0.717) is 5.92 Å². The van der Waals surface area contributed by atoms with Gasteiger partial charge in [-0.05, 0) is 50.8 Å². The van der Waals surface area contributed by atoms with Gasteiger partial charge < -0.3 is 5.11 Å². The minimum atomic E-state index is -0.191. The Morgan fingerprint density at radius 1 is 1.53 bits per heavy atom. The lowest BCUT2D eigenvalue weighted by molar-refractivity contribution is 0.0594. The molecule has 1 fully saturated rings. The summed E-state index contributed by atoms with van der Waals surface area (Å²) in [6.45, 7) is 6.98. The van der Waals surface area contributed by atoms with E-state index < -0.39 is 0 Å². The van der Waals surface area contributed by atoms with E-state index in [9.17, 15) is 5.11 Å². The highest BCUT2D eigenvalue weighted by molar-refractivity contribution is 5.12. The van der Waals surface area contributed by atoms with E-state index in [1.165, 1.54) is 12.0 Å². The van der Waals surface area contributed by atoms with Crippen molar-refractivity contribution in [3.05, 3.63) is 29.6 Å². The molecule has 0 radical (unpaired) electrons. The molecule has 2 rings (SSSR count). The van der Waals surface area contributed by atoms with Gasteiger partial charge in [-0.3, -0.25) is 9.88 Å². The topological polar surface area (TPSA) is 36.4 Å². The number of hydrogen-bond acceptors (Lipinski definition) is 3. The molecular weight excluding hydrogens is 212 g/mol. The maximum absolute atomic E-state index is 9.66. The van der Waals surface area contributed by atoms with E-state index in [2.05, 4.69) is 28.9 Å². The van der Waals surface area contributed by atoms with Crippen molar-refractivity contribution in [3.8, 4) is 0 Å². The van der Waals surface area contributed by atoms with Gasteiger partial charge in [-0.2, -0.15) is 0 Å². The first-order valence-corrected chi connectivity index (χ1v) is 6.47. The predicted molar refractivity (Wildman–Crippen MR) is 68.7 cm³/mol. The first-order chi connectivity index (χ1) is 8.15. The maximum Gasteiger partial charge on any atom is 0.0552 e. The summed E-state index contributed by atoms with van der Waals surface area (Å²) in [4.78, 5) is 6.84. The van der Waals surface area contributed by atoms with Crippen molar-refractivity contribution in [3.63, 3.8) is 0 Å². The highest BCUT2D eigenvalue weighted by atomic mass is 16.3. The number of pyridine rings is 1. The van der Waals surface area contributed by atoms with Crippen LogP contribution in [0.2, 0.25) is 0 Å². The number of aryl methyl sites for hydroxylation is 1. The van der Waals surface area contributed by atoms with Gasteiger partial charge in [0.15, 0.2) is 0 Å². The van der Waals surface area contributed by atoms with Crippen LogP contribution in [-0.2, 0) is 6.54 Å². The third kappa shape index (κ3) is 3.51. The predicted octanol–water partition coefficient (Wildman–Crippen LogP) is 1.98. The van der Waals surface area contributed by atoms with Gasteiger partial charge in [-0.15, -0.1) is 0 Å². The Labute approximate surface area is 103 Å². The van der Waals surface area contributed by atoms with Crippen LogP contribution in [0.4, 0.5) is 0 Å². The van der Waals surface area contributed by atoms with E-state index in [4.69, 9.17) is 0 Å². The summed E-state index contributed by atoms with van der Waals surface area (Å²) in [6.07, 6.45) is 4.06. The van der Waals surface area contributed by atoms with Gasteiger partial charge in [0.25, 0.3) is 0 Å². The van der Waals surface area contributed by atoms with E-state index in [1.54, 1.807) is 0 Å². The number of nitrogens with zero attached hydrogens (tertiary/aromatic N) is 2. The van der Waals surface area contributed by atoms with Crippen molar-refractivity contribution in [1.29, 1.82) is 0 Å². The lowest BCUT2D eigenvalue weighted by Gasteiger charge is -2.33. The van der Waals surface area contributed by atoms with E-state index in [0.717, 1.165) is 31.7 Å². The quantitative estimate of drug-likeness (QED) is 0.869. The van der Waals surface area contributed by atoms with Crippen LogP contribution in [0, 0.1) is 12.8 Å². The number of aliphatic hydroxyl groups excluding tert-OH is 1. The highest BCUT2D eigenvalue weighted by Gasteiger charge is 2.23. The molecule has 94 valence electrons. The molecule has 17 heavy (non-hydrogen) atoms. The largest absolute Gasteiger partial charge is 0.393 e. The van der Waals surface area contributed by atoms with Crippen LogP contribution in [0.1, 0.15) is 31.0 Å². The minimum Gasteiger partial charge on any atom is -0.393 e. The van der Waals surface area contributed by atoms with E-state index in [1.807, 2.05) is 13.1 Å². The molecule has 0 bridgehead atoms. The Morgan fingerprint density at radius 3 is 3.00 bits per heavy atom. The van der Waals surface area contributed by atoms with Crippen molar-refractivity contribution in [1.82, 2.24) is 9.88 Å². The summed E-state index contributed by atoms with van der Waals surface area (Å²) in [5, 5.41) is 9.66. The second-order valence-corrected chi connectivity index (χ2v) is 5.20. The van der Waals surface area contributed by atoms with Crippen molar-refractivity contribution >= 4 is 0 Å².